The van der Waals surface area contributed by atoms with Crippen molar-refractivity contribution in [2.45, 2.75) is 39.2 Å². The number of pyridine rings is 1. The molecule has 1 fully saturated rings. The lowest BCUT2D eigenvalue weighted by molar-refractivity contribution is 0.0936. The zero-order valence-corrected chi connectivity index (χ0v) is 16.5. The molecule has 1 amide bonds. The third-order valence-electron chi connectivity index (χ3n) is 4.83. The highest BCUT2D eigenvalue weighted by atomic mass is 32.2. The lowest BCUT2D eigenvalue weighted by Crippen LogP contribution is -2.36. The van der Waals surface area contributed by atoms with Crippen LogP contribution in [0.3, 0.4) is 0 Å². The third kappa shape index (κ3) is 4.66. The van der Waals surface area contributed by atoms with Crippen molar-refractivity contribution >= 4 is 27.1 Å². The average molecular weight is 388 g/mol. The molecule has 144 valence electrons. The molecule has 1 atom stereocenters. The lowest BCUT2D eigenvalue weighted by atomic mass is 10.0. The smallest absolute Gasteiger partial charge is 0.270 e. The van der Waals surface area contributed by atoms with Gasteiger partial charge in [-0.05, 0) is 42.5 Å². The monoisotopic (exact) mass is 387 g/mol. The van der Waals surface area contributed by atoms with Gasteiger partial charge in [-0.25, -0.2) is 13.4 Å². The quantitative estimate of drug-likeness (QED) is 0.796. The number of nitrogens with one attached hydrogen (secondary N) is 2. The number of rotatable bonds is 6. The summed E-state index contributed by atoms with van der Waals surface area (Å²) in [5.74, 6) is -0.205. The van der Waals surface area contributed by atoms with Gasteiger partial charge in [0.2, 0.25) is 0 Å². The number of para-hydroxylation sites is 1. The maximum absolute atomic E-state index is 12.3. The van der Waals surface area contributed by atoms with E-state index in [1.165, 1.54) is 11.1 Å². The number of carbonyl (C=O) groups is 1. The van der Waals surface area contributed by atoms with Crippen LogP contribution in [0, 0.1) is 0 Å². The molecule has 2 N–H and O–H groups in total. The first kappa shape index (κ1) is 19.4. The Morgan fingerprint density at radius 3 is 2.37 bits per heavy atom. The fourth-order valence-corrected chi connectivity index (χ4v) is 4.99. The predicted molar refractivity (Wildman–Crippen MR) is 107 cm³/mol. The molecule has 1 saturated heterocycles. The first-order valence-electron chi connectivity index (χ1n) is 9.27. The molecule has 0 saturated carbocycles. The van der Waals surface area contributed by atoms with Crippen molar-refractivity contribution in [3.8, 4) is 0 Å². The summed E-state index contributed by atoms with van der Waals surface area (Å²) < 4.78 is 23.0. The van der Waals surface area contributed by atoms with Crippen molar-refractivity contribution in [3.63, 3.8) is 0 Å². The molecule has 6 nitrogen and oxygen atoms in total. The van der Waals surface area contributed by atoms with E-state index in [2.05, 4.69) is 47.7 Å². The van der Waals surface area contributed by atoms with E-state index >= 15 is 0 Å². The van der Waals surface area contributed by atoms with Gasteiger partial charge in [0, 0.05) is 11.7 Å². The molecule has 27 heavy (non-hydrogen) atoms. The van der Waals surface area contributed by atoms with Gasteiger partial charge in [-0.3, -0.25) is 4.79 Å². The molecule has 0 spiro atoms. The largest absolute Gasteiger partial charge is 0.354 e. The Hall–Kier alpha value is -2.41. The van der Waals surface area contributed by atoms with Gasteiger partial charge in [0.05, 0.1) is 23.4 Å². The molecular weight excluding hydrogens is 362 g/mol. The number of sulfone groups is 1. The maximum atomic E-state index is 12.3. The fourth-order valence-electron chi connectivity index (χ4n) is 3.32. The number of amides is 1. The van der Waals surface area contributed by atoms with Crippen LogP contribution < -0.4 is 10.6 Å². The van der Waals surface area contributed by atoms with Crippen LogP contribution in [0.5, 0.6) is 0 Å². The van der Waals surface area contributed by atoms with Gasteiger partial charge in [-0.15, -0.1) is 0 Å². The molecular formula is C20H25N3O3S. The number of carbonyl (C=O) groups excluding carboxylic acids is 1. The molecule has 2 heterocycles. The molecule has 0 aliphatic carbocycles. The van der Waals surface area contributed by atoms with Crippen molar-refractivity contribution in [1.82, 2.24) is 10.3 Å². The van der Waals surface area contributed by atoms with E-state index in [4.69, 9.17) is 0 Å². The van der Waals surface area contributed by atoms with Crippen molar-refractivity contribution in [2.75, 3.05) is 16.8 Å². The van der Waals surface area contributed by atoms with E-state index in [9.17, 15) is 13.2 Å². The molecule has 1 aromatic heterocycles. The summed E-state index contributed by atoms with van der Waals surface area (Å²) in [7, 11) is -3.02. The Morgan fingerprint density at radius 1 is 1.15 bits per heavy atom. The summed E-state index contributed by atoms with van der Waals surface area (Å²) in [6.45, 7) is 4.24. The van der Waals surface area contributed by atoms with Crippen molar-refractivity contribution < 1.29 is 13.2 Å². The molecule has 1 aliphatic rings. The van der Waals surface area contributed by atoms with Gasteiger partial charge in [-0.1, -0.05) is 32.0 Å². The van der Waals surface area contributed by atoms with Crippen LogP contribution in [-0.2, 0) is 22.7 Å². The topological polar surface area (TPSA) is 88.2 Å². The van der Waals surface area contributed by atoms with E-state index in [0.29, 0.717) is 6.42 Å². The number of nitrogens with zero attached hydrogens (tertiary/aromatic N) is 1. The molecule has 1 aromatic carbocycles. The summed E-state index contributed by atoms with van der Waals surface area (Å²) in [5, 5.41) is 6.17. The molecule has 3 rings (SSSR count). The Balaban J connectivity index is 1.70. The number of aromatic nitrogens is 1. The molecule has 0 radical (unpaired) electrons. The van der Waals surface area contributed by atoms with Gasteiger partial charge in [-0.2, -0.15) is 0 Å². The number of hydrogen-bond acceptors (Lipinski definition) is 5. The highest BCUT2D eigenvalue weighted by Crippen LogP contribution is 2.26. The van der Waals surface area contributed by atoms with Crippen LogP contribution in [-0.4, -0.2) is 36.9 Å². The van der Waals surface area contributed by atoms with E-state index in [1.807, 2.05) is 6.07 Å². The molecule has 2 aromatic rings. The summed E-state index contributed by atoms with van der Waals surface area (Å²) in [4.78, 5) is 16.5. The maximum Gasteiger partial charge on any atom is 0.270 e. The second-order valence-electron chi connectivity index (χ2n) is 6.79. The summed E-state index contributed by atoms with van der Waals surface area (Å²) in [6.07, 6.45) is 3.94. The SMILES string of the molecule is CCc1cccc(CC)c1Nc1ccc(C(=O)NC2CCS(=O)(=O)C2)nc1. The van der Waals surface area contributed by atoms with E-state index in [1.54, 1.807) is 12.3 Å². The highest BCUT2D eigenvalue weighted by Gasteiger charge is 2.29. The second-order valence-corrected chi connectivity index (χ2v) is 9.02. The Kier molecular flexibility index (Phi) is 5.79. The summed E-state index contributed by atoms with van der Waals surface area (Å²) in [5.41, 5.74) is 4.66. The minimum atomic E-state index is -3.02. The minimum Gasteiger partial charge on any atom is -0.354 e. The van der Waals surface area contributed by atoms with Crippen molar-refractivity contribution in [3.05, 3.63) is 53.3 Å². The molecule has 1 unspecified atom stereocenters. The van der Waals surface area contributed by atoms with Crippen molar-refractivity contribution in [2.24, 2.45) is 0 Å². The minimum absolute atomic E-state index is 0.00593. The fraction of sp³-hybridized carbons (Fsp3) is 0.400. The predicted octanol–water partition coefficient (Wildman–Crippen LogP) is 2.87. The van der Waals surface area contributed by atoms with Crippen molar-refractivity contribution in [1.29, 1.82) is 0 Å². The van der Waals surface area contributed by atoms with E-state index in [0.717, 1.165) is 24.2 Å². The van der Waals surface area contributed by atoms with Crippen LogP contribution in [0.25, 0.3) is 0 Å². The molecule has 7 heteroatoms. The number of aryl methyl sites for hydroxylation is 2. The lowest BCUT2D eigenvalue weighted by Gasteiger charge is -2.15. The Bertz CT molecular complexity index is 902. The Morgan fingerprint density at radius 2 is 1.85 bits per heavy atom. The van der Waals surface area contributed by atoms with Gasteiger partial charge < -0.3 is 10.6 Å². The average Bonchev–Trinajstić information content (AvgIpc) is 3.00. The zero-order chi connectivity index (χ0) is 19.4. The second kappa shape index (κ2) is 8.08. The Labute approximate surface area is 160 Å². The molecule has 1 aliphatic heterocycles. The standard InChI is InChI=1S/C20H25N3O3S/c1-3-14-6-5-7-15(4-2)19(14)22-16-8-9-18(21-12-16)20(24)23-17-10-11-27(25,26)13-17/h5-9,12,17,22H,3-4,10-11,13H2,1-2H3,(H,23,24). The van der Waals surface area contributed by atoms with E-state index < -0.39 is 9.84 Å². The summed E-state index contributed by atoms with van der Waals surface area (Å²) >= 11 is 0. The van der Waals surface area contributed by atoms with E-state index in [-0.39, 0.29) is 29.1 Å². The number of anilines is 2. The van der Waals surface area contributed by atoms with Crippen LogP contribution in [0.2, 0.25) is 0 Å². The first-order chi connectivity index (χ1) is 12.9. The third-order valence-corrected chi connectivity index (χ3v) is 6.60. The molecule has 0 bridgehead atoms. The van der Waals surface area contributed by atoms with Crippen LogP contribution in [0.15, 0.2) is 36.5 Å². The van der Waals surface area contributed by atoms with Gasteiger partial charge >= 0.3 is 0 Å². The van der Waals surface area contributed by atoms with Gasteiger partial charge in [0.25, 0.3) is 5.91 Å². The highest BCUT2D eigenvalue weighted by molar-refractivity contribution is 7.91. The van der Waals surface area contributed by atoms with Crippen LogP contribution in [0.1, 0.15) is 41.9 Å². The summed E-state index contributed by atoms with van der Waals surface area (Å²) in [6, 6.07) is 9.42. The number of hydrogen-bond donors (Lipinski definition) is 2. The van der Waals surface area contributed by atoms with Crippen LogP contribution >= 0.6 is 0 Å². The number of benzene rings is 1. The van der Waals surface area contributed by atoms with Gasteiger partial charge in [0.1, 0.15) is 5.69 Å². The van der Waals surface area contributed by atoms with Gasteiger partial charge in [0.15, 0.2) is 9.84 Å². The van der Waals surface area contributed by atoms with Crippen LogP contribution in [0.4, 0.5) is 11.4 Å². The first-order valence-corrected chi connectivity index (χ1v) is 11.1. The zero-order valence-electron chi connectivity index (χ0n) is 15.7. The normalized spacial score (nSPS) is 18.2.